The van der Waals surface area contributed by atoms with Gasteiger partial charge < -0.3 is 10.6 Å². The summed E-state index contributed by atoms with van der Waals surface area (Å²) in [6, 6.07) is 12.7. The molecule has 2 N–H and O–H groups in total. The molecule has 1 amide bonds. The lowest BCUT2D eigenvalue weighted by Gasteiger charge is -2.08. The molecule has 114 valence electrons. The van der Waals surface area contributed by atoms with Gasteiger partial charge >= 0.3 is 0 Å². The van der Waals surface area contributed by atoms with Crippen LogP contribution in [0.3, 0.4) is 0 Å². The summed E-state index contributed by atoms with van der Waals surface area (Å²) in [5.41, 5.74) is 2.27. The number of nitrogens with zero attached hydrogens (tertiary/aromatic N) is 3. The van der Waals surface area contributed by atoms with Gasteiger partial charge in [0.25, 0.3) is 5.91 Å². The number of benzene rings is 1. The summed E-state index contributed by atoms with van der Waals surface area (Å²) in [5, 5.41) is 5.93. The Kier molecular flexibility index (Phi) is 4.54. The summed E-state index contributed by atoms with van der Waals surface area (Å²) in [4.78, 5) is 24.4. The first kappa shape index (κ1) is 14.6. The molecule has 0 aliphatic heterocycles. The third-order valence-electron chi connectivity index (χ3n) is 3.12. The average Bonchev–Trinajstić information content (AvgIpc) is 2.62. The van der Waals surface area contributed by atoms with E-state index in [-0.39, 0.29) is 5.91 Å². The number of carbonyl (C=O) groups excluding carboxylic acids is 1. The van der Waals surface area contributed by atoms with E-state index in [4.69, 9.17) is 0 Å². The molecule has 6 nitrogen and oxygen atoms in total. The molecule has 0 spiro atoms. The molecule has 0 radical (unpaired) electrons. The summed E-state index contributed by atoms with van der Waals surface area (Å²) < 4.78 is 0. The van der Waals surface area contributed by atoms with Crippen molar-refractivity contribution >= 4 is 17.5 Å². The topological polar surface area (TPSA) is 79.8 Å². The molecule has 6 heteroatoms. The molecule has 0 fully saturated rings. The highest BCUT2D eigenvalue weighted by Gasteiger charge is 2.06. The van der Waals surface area contributed by atoms with Crippen LogP contribution in [0.5, 0.6) is 0 Å². The van der Waals surface area contributed by atoms with Crippen molar-refractivity contribution in [2.75, 3.05) is 5.32 Å². The molecule has 2 heterocycles. The van der Waals surface area contributed by atoms with E-state index in [2.05, 4.69) is 25.6 Å². The van der Waals surface area contributed by atoms with E-state index in [0.717, 1.165) is 11.3 Å². The molecule has 0 aliphatic carbocycles. The molecule has 0 saturated heterocycles. The summed E-state index contributed by atoms with van der Waals surface area (Å²) in [6.07, 6.45) is 6.73. The monoisotopic (exact) mass is 305 g/mol. The van der Waals surface area contributed by atoms with Crippen molar-refractivity contribution in [2.45, 2.75) is 6.54 Å². The zero-order valence-corrected chi connectivity index (χ0v) is 12.3. The Morgan fingerprint density at radius 2 is 1.87 bits per heavy atom. The van der Waals surface area contributed by atoms with Crippen LogP contribution in [0.25, 0.3) is 0 Å². The quantitative estimate of drug-likeness (QED) is 0.757. The fourth-order valence-electron chi connectivity index (χ4n) is 2.02. The Balaban J connectivity index is 1.65. The van der Waals surface area contributed by atoms with Crippen molar-refractivity contribution < 1.29 is 4.79 Å². The molecular weight excluding hydrogens is 290 g/mol. The van der Waals surface area contributed by atoms with Crippen LogP contribution in [0.15, 0.2) is 67.3 Å². The second-order valence-corrected chi connectivity index (χ2v) is 4.82. The summed E-state index contributed by atoms with van der Waals surface area (Å²) in [5.74, 6) is 0.340. The van der Waals surface area contributed by atoms with Gasteiger partial charge in [0.15, 0.2) is 0 Å². The molecule has 1 aromatic carbocycles. The highest BCUT2D eigenvalue weighted by molar-refractivity contribution is 5.95. The van der Waals surface area contributed by atoms with E-state index in [1.807, 2.05) is 24.3 Å². The minimum atomic E-state index is -0.147. The molecular formula is C17H15N5O. The Morgan fingerprint density at radius 3 is 2.65 bits per heavy atom. The van der Waals surface area contributed by atoms with Gasteiger partial charge in [0.2, 0.25) is 5.95 Å². The fourth-order valence-corrected chi connectivity index (χ4v) is 2.02. The Morgan fingerprint density at radius 1 is 1.00 bits per heavy atom. The van der Waals surface area contributed by atoms with Gasteiger partial charge in [-0.1, -0.05) is 12.1 Å². The molecule has 0 aliphatic rings. The van der Waals surface area contributed by atoms with Gasteiger partial charge in [0.05, 0.1) is 0 Å². The predicted octanol–water partition coefficient (Wildman–Crippen LogP) is 2.55. The third kappa shape index (κ3) is 4.10. The summed E-state index contributed by atoms with van der Waals surface area (Å²) in [6.45, 7) is 0.437. The van der Waals surface area contributed by atoms with Gasteiger partial charge in [-0.3, -0.25) is 9.78 Å². The van der Waals surface area contributed by atoms with E-state index in [0.29, 0.717) is 18.1 Å². The van der Waals surface area contributed by atoms with E-state index >= 15 is 0 Å². The smallest absolute Gasteiger partial charge is 0.251 e. The van der Waals surface area contributed by atoms with Crippen LogP contribution in [-0.2, 0) is 6.54 Å². The Labute approximate surface area is 133 Å². The first-order valence-electron chi connectivity index (χ1n) is 7.12. The molecule has 3 aromatic rings. The molecule has 2 aromatic heterocycles. The Hall–Kier alpha value is -3.28. The van der Waals surface area contributed by atoms with E-state index in [1.165, 1.54) is 0 Å². The van der Waals surface area contributed by atoms with Crippen LogP contribution >= 0.6 is 0 Å². The van der Waals surface area contributed by atoms with Crippen molar-refractivity contribution in [1.29, 1.82) is 0 Å². The largest absolute Gasteiger partial charge is 0.348 e. The number of nitrogens with one attached hydrogen (secondary N) is 2. The number of aromatic nitrogens is 3. The first-order chi connectivity index (χ1) is 11.3. The minimum Gasteiger partial charge on any atom is -0.348 e. The van der Waals surface area contributed by atoms with Crippen LogP contribution in [0.1, 0.15) is 15.9 Å². The Bertz CT molecular complexity index is 777. The van der Waals surface area contributed by atoms with E-state index < -0.39 is 0 Å². The highest BCUT2D eigenvalue weighted by Crippen LogP contribution is 2.14. The van der Waals surface area contributed by atoms with E-state index in [1.54, 1.807) is 43.0 Å². The molecule has 0 atom stereocenters. The number of rotatable bonds is 5. The SMILES string of the molecule is O=C(NCc1cccnc1)c1cccc(Nc2ncccn2)c1. The molecule has 0 saturated carbocycles. The van der Waals surface area contributed by atoms with Gasteiger partial charge in [-0.05, 0) is 35.9 Å². The number of amides is 1. The third-order valence-corrected chi connectivity index (χ3v) is 3.12. The highest BCUT2D eigenvalue weighted by atomic mass is 16.1. The molecule has 3 rings (SSSR count). The van der Waals surface area contributed by atoms with Gasteiger partial charge in [-0.15, -0.1) is 0 Å². The van der Waals surface area contributed by atoms with Gasteiger partial charge in [0.1, 0.15) is 0 Å². The van der Waals surface area contributed by atoms with Gasteiger partial charge in [-0.2, -0.15) is 0 Å². The van der Waals surface area contributed by atoms with Crippen molar-refractivity contribution in [1.82, 2.24) is 20.3 Å². The molecule has 23 heavy (non-hydrogen) atoms. The lowest BCUT2D eigenvalue weighted by Crippen LogP contribution is -2.22. The number of hydrogen-bond acceptors (Lipinski definition) is 5. The van der Waals surface area contributed by atoms with Crippen LogP contribution in [0, 0.1) is 0 Å². The van der Waals surface area contributed by atoms with Gasteiger partial charge in [0, 0.05) is 42.6 Å². The van der Waals surface area contributed by atoms with Crippen molar-refractivity contribution in [3.63, 3.8) is 0 Å². The van der Waals surface area contributed by atoms with Crippen LogP contribution in [0.2, 0.25) is 0 Å². The number of pyridine rings is 1. The van der Waals surface area contributed by atoms with E-state index in [9.17, 15) is 4.79 Å². The summed E-state index contributed by atoms with van der Waals surface area (Å²) in [7, 11) is 0. The normalized spacial score (nSPS) is 10.1. The number of hydrogen-bond donors (Lipinski definition) is 2. The van der Waals surface area contributed by atoms with Crippen LogP contribution < -0.4 is 10.6 Å². The first-order valence-corrected chi connectivity index (χ1v) is 7.12. The molecule has 0 bridgehead atoms. The van der Waals surface area contributed by atoms with Crippen molar-refractivity contribution in [2.24, 2.45) is 0 Å². The fraction of sp³-hybridized carbons (Fsp3) is 0.0588. The van der Waals surface area contributed by atoms with Crippen LogP contribution in [0.4, 0.5) is 11.6 Å². The second-order valence-electron chi connectivity index (χ2n) is 4.82. The standard InChI is InChI=1S/C17H15N5O/c23-16(21-12-13-4-2-7-18-11-13)14-5-1-6-15(10-14)22-17-19-8-3-9-20-17/h1-11H,12H2,(H,21,23)(H,19,20,22). The maximum absolute atomic E-state index is 12.2. The zero-order valence-electron chi connectivity index (χ0n) is 12.3. The number of carbonyl (C=O) groups is 1. The average molecular weight is 305 g/mol. The van der Waals surface area contributed by atoms with Crippen molar-refractivity contribution in [3.05, 3.63) is 78.4 Å². The summed E-state index contributed by atoms with van der Waals surface area (Å²) >= 11 is 0. The number of anilines is 2. The second kappa shape index (κ2) is 7.13. The lowest BCUT2D eigenvalue weighted by atomic mass is 10.2. The maximum atomic E-state index is 12.2. The van der Waals surface area contributed by atoms with Crippen molar-refractivity contribution in [3.8, 4) is 0 Å². The predicted molar refractivity (Wildman–Crippen MR) is 87.2 cm³/mol. The maximum Gasteiger partial charge on any atom is 0.251 e. The zero-order chi connectivity index (χ0) is 15.9. The van der Waals surface area contributed by atoms with Gasteiger partial charge in [-0.25, -0.2) is 9.97 Å². The lowest BCUT2D eigenvalue weighted by molar-refractivity contribution is 0.0951. The molecule has 0 unspecified atom stereocenters. The van der Waals surface area contributed by atoms with Crippen LogP contribution in [-0.4, -0.2) is 20.9 Å². The minimum absolute atomic E-state index is 0.147.